The zero-order valence-electron chi connectivity index (χ0n) is 11.6. The summed E-state index contributed by atoms with van der Waals surface area (Å²) in [6, 6.07) is 0. The quantitative estimate of drug-likeness (QED) is 0.764. The number of rotatable bonds is 5. The first-order chi connectivity index (χ1) is 10.3. The van der Waals surface area contributed by atoms with Crippen LogP contribution in [0.4, 0.5) is 17.8 Å². The summed E-state index contributed by atoms with van der Waals surface area (Å²) in [6.07, 6.45) is 1.28. The minimum absolute atomic E-state index is 0.381. The number of hydrogen-bond donors (Lipinski definition) is 2. The van der Waals surface area contributed by atoms with Crippen LogP contribution in [0.1, 0.15) is 5.82 Å². The van der Waals surface area contributed by atoms with Crippen molar-refractivity contribution in [2.24, 2.45) is 0 Å². The molecule has 1 saturated heterocycles. The van der Waals surface area contributed by atoms with Gasteiger partial charge in [-0.3, -0.25) is 0 Å². The molecule has 0 aliphatic carbocycles. The molecule has 0 spiro atoms. The largest absolute Gasteiger partial charge is 0.378 e. The molecule has 0 amide bonds. The maximum atomic E-state index is 5.33. The zero-order valence-corrected chi connectivity index (χ0v) is 11.6. The lowest BCUT2D eigenvalue weighted by atomic mass is 10.4. The molecule has 0 saturated carbocycles. The van der Waals surface area contributed by atoms with Gasteiger partial charge in [-0.2, -0.15) is 19.9 Å². The molecular weight excluding hydrogens is 276 g/mol. The second kappa shape index (κ2) is 6.31. The molecule has 21 heavy (non-hydrogen) atoms. The van der Waals surface area contributed by atoms with Crippen molar-refractivity contribution in [1.29, 1.82) is 0 Å². The molecule has 0 unspecified atom stereocenters. The molecule has 2 aromatic heterocycles. The fraction of sp³-hybridized carbons (Fsp3) is 0.545. The highest BCUT2D eigenvalue weighted by Gasteiger charge is 2.16. The van der Waals surface area contributed by atoms with E-state index in [2.05, 4.69) is 45.1 Å². The Labute approximate surface area is 120 Å². The Hall–Kier alpha value is -2.49. The summed E-state index contributed by atoms with van der Waals surface area (Å²) in [7, 11) is 1.77. The van der Waals surface area contributed by atoms with E-state index in [0.29, 0.717) is 43.4 Å². The van der Waals surface area contributed by atoms with Gasteiger partial charge in [-0.25, -0.2) is 0 Å². The molecule has 112 valence electrons. The predicted octanol–water partition coefficient (Wildman–Crippen LogP) is -0.255. The molecule has 0 bridgehead atoms. The van der Waals surface area contributed by atoms with Crippen molar-refractivity contribution in [3.8, 4) is 0 Å². The molecule has 2 aromatic rings. The average Bonchev–Trinajstić information content (AvgIpc) is 3.07. The van der Waals surface area contributed by atoms with Gasteiger partial charge in [-0.1, -0.05) is 5.16 Å². The SMILES string of the molecule is CNc1nc(NCc2ncon2)nc(N2CCOCC2)n1. The third kappa shape index (κ3) is 3.34. The maximum absolute atomic E-state index is 5.33. The number of nitrogens with one attached hydrogen (secondary N) is 2. The van der Waals surface area contributed by atoms with E-state index in [1.54, 1.807) is 7.05 Å². The van der Waals surface area contributed by atoms with Crippen molar-refractivity contribution >= 4 is 17.8 Å². The van der Waals surface area contributed by atoms with E-state index in [1.807, 2.05) is 0 Å². The Kier molecular flexibility index (Phi) is 4.05. The summed E-state index contributed by atoms with van der Waals surface area (Å²) in [5, 5.41) is 9.71. The fourth-order valence-electron chi connectivity index (χ4n) is 1.89. The van der Waals surface area contributed by atoms with Crippen molar-refractivity contribution in [2.45, 2.75) is 6.54 Å². The lowest BCUT2D eigenvalue weighted by Gasteiger charge is -2.27. The molecule has 1 fully saturated rings. The number of ether oxygens (including phenoxy) is 1. The van der Waals surface area contributed by atoms with Crippen LogP contribution in [0, 0.1) is 0 Å². The normalized spacial score (nSPS) is 15.0. The summed E-state index contributed by atoms with van der Waals surface area (Å²) in [5.41, 5.74) is 0. The second-order valence-electron chi connectivity index (χ2n) is 4.33. The molecule has 0 aromatic carbocycles. The first kappa shape index (κ1) is 13.5. The van der Waals surface area contributed by atoms with Crippen LogP contribution in [0.3, 0.4) is 0 Å². The third-order valence-corrected chi connectivity index (χ3v) is 2.95. The Morgan fingerprint density at radius 3 is 2.71 bits per heavy atom. The van der Waals surface area contributed by atoms with Gasteiger partial charge in [-0.15, -0.1) is 0 Å². The first-order valence-corrected chi connectivity index (χ1v) is 6.61. The van der Waals surface area contributed by atoms with Crippen LogP contribution in [0.25, 0.3) is 0 Å². The van der Waals surface area contributed by atoms with Gasteiger partial charge in [0.05, 0.1) is 19.8 Å². The van der Waals surface area contributed by atoms with Crippen LogP contribution in [-0.2, 0) is 11.3 Å². The van der Waals surface area contributed by atoms with Crippen LogP contribution in [-0.4, -0.2) is 58.4 Å². The number of nitrogens with zero attached hydrogens (tertiary/aromatic N) is 6. The average molecular weight is 292 g/mol. The van der Waals surface area contributed by atoms with Gasteiger partial charge < -0.3 is 24.8 Å². The number of anilines is 3. The van der Waals surface area contributed by atoms with Crippen molar-refractivity contribution in [3.63, 3.8) is 0 Å². The van der Waals surface area contributed by atoms with Gasteiger partial charge in [0.15, 0.2) is 5.82 Å². The van der Waals surface area contributed by atoms with Gasteiger partial charge in [-0.05, 0) is 0 Å². The van der Waals surface area contributed by atoms with Crippen LogP contribution < -0.4 is 15.5 Å². The summed E-state index contributed by atoms with van der Waals surface area (Å²) in [6.45, 7) is 3.25. The number of morpholine rings is 1. The summed E-state index contributed by atoms with van der Waals surface area (Å²) >= 11 is 0. The molecule has 10 nitrogen and oxygen atoms in total. The standard InChI is InChI=1S/C11H16N8O2/c1-12-9-15-10(13-6-8-14-7-21-18-8)17-11(16-9)19-2-4-20-5-3-19/h7H,2-6H2,1H3,(H2,12,13,15,16,17). The summed E-state index contributed by atoms with van der Waals surface area (Å²) < 4.78 is 10.0. The van der Waals surface area contributed by atoms with E-state index >= 15 is 0 Å². The molecule has 2 N–H and O–H groups in total. The van der Waals surface area contributed by atoms with Crippen molar-refractivity contribution in [3.05, 3.63) is 12.2 Å². The molecule has 1 aliphatic rings. The monoisotopic (exact) mass is 292 g/mol. The molecule has 1 aliphatic heterocycles. The van der Waals surface area contributed by atoms with E-state index < -0.39 is 0 Å². The maximum Gasteiger partial charge on any atom is 0.232 e. The Balaban J connectivity index is 1.75. The first-order valence-electron chi connectivity index (χ1n) is 6.61. The highest BCUT2D eigenvalue weighted by molar-refractivity contribution is 5.43. The molecule has 0 atom stereocenters. The van der Waals surface area contributed by atoms with Gasteiger partial charge in [0.1, 0.15) is 0 Å². The smallest absolute Gasteiger partial charge is 0.232 e. The fourth-order valence-corrected chi connectivity index (χ4v) is 1.89. The van der Waals surface area contributed by atoms with Crippen molar-refractivity contribution in [2.75, 3.05) is 48.9 Å². The van der Waals surface area contributed by atoms with Crippen LogP contribution in [0.5, 0.6) is 0 Å². The summed E-state index contributed by atoms with van der Waals surface area (Å²) in [5.74, 6) is 2.12. The number of aromatic nitrogens is 5. The van der Waals surface area contributed by atoms with Crippen LogP contribution in [0.15, 0.2) is 10.9 Å². The molecule has 0 radical (unpaired) electrons. The van der Waals surface area contributed by atoms with Crippen molar-refractivity contribution in [1.82, 2.24) is 25.1 Å². The Bertz CT molecular complexity index is 570. The highest BCUT2D eigenvalue weighted by Crippen LogP contribution is 2.15. The van der Waals surface area contributed by atoms with Crippen LogP contribution >= 0.6 is 0 Å². The highest BCUT2D eigenvalue weighted by atomic mass is 16.5. The predicted molar refractivity (Wildman–Crippen MR) is 74.0 cm³/mol. The third-order valence-electron chi connectivity index (χ3n) is 2.95. The van der Waals surface area contributed by atoms with Crippen molar-refractivity contribution < 1.29 is 9.26 Å². The zero-order chi connectivity index (χ0) is 14.5. The van der Waals surface area contributed by atoms with E-state index in [-0.39, 0.29) is 0 Å². The van der Waals surface area contributed by atoms with E-state index in [1.165, 1.54) is 6.39 Å². The minimum Gasteiger partial charge on any atom is -0.378 e. The molecular formula is C11H16N8O2. The minimum atomic E-state index is 0.381. The molecule has 3 heterocycles. The molecule has 3 rings (SSSR count). The Morgan fingerprint density at radius 1 is 1.19 bits per heavy atom. The number of hydrogen-bond acceptors (Lipinski definition) is 10. The lowest BCUT2D eigenvalue weighted by Crippen LogP contribution is -2.37. The van der Waals surface area contributed by atoms with Gasteiger partial charge in [0.2, 0.25) is 24.2 Å². The van der Waals surface area contributed by atoms with Gasteiger partial charge in [0, 0.05) is 20.1 Å². The van der Waals surface area contributed by atoms with Crippen LogP contribution in [0.2, 0.25) is 0 Å². The second-order valence-corrected chi connectivity index (χ2v) is 4.33. The van der Waals surface area contributed by atoms with E-state index in [0.717, 1.165) is 13.1 Å². The molecule has 10 heteroatoms. The van der Waals surface area contributed by atoms with E-state index in [4.69, 9.17) is 4.74 Å². The Morgan fingerprint density at radius 2 is 2.00 bits per heavy atom. The summed E-state index contributed by atoms with van der Waals surface area (Å²) in [4.78, 5) is 19.0. The van der Waals surface area contributed by atoms with E-state index in [9.17, 15) is 0 Å². The topological polar surface area (TPSA) is 114 Å². The van der Waals surface area contributed by atoms with Gasteiger partial charge in [0.25, 0.3) is 0 Å². The van der Waals surface area contributed by atoms with Gasteiger partial charge >= 0.3 is 0 Å². The lowest BCUT2D eigenvalue weighted by molar-refractivity contribution is 0.122.